The maximum atomic E-state index is 13.0. The van der Waals surface area contributed by atoms with Crippen LogP contribution in [0.3, 0.4) is 0 Å². The first-order valence-electron chi connectivity index (χ1n) is 8.06. The maximum absolute atomic E-state index is 13.0. The fourth-order valence-corrected chi connectivity index (χ4v) is 3.18. The number of carbonyl (C=O) groups is 1. The molecule has 0 saturated carbocycles. The highest BCUT2D eigenvalue weighted by atomic mass is 19.1. The molecule has 0 aromatic heterocycles. The second-order valence-corrected chi connectivity index (χ2v) is 6.14. The van der Waals surface area contributed by atoms with Crippen LogP contribution in [0.15, 0.2) is 24.3 Å². The van der Waals surface area contributed by atoms with Crippen LogP contribution in [-0.4, -0.2) is 55.1 Å². The molecule has 2 aliphatic rings. The minimum Gasteiger partial charge on any atom is -0.381 e. The van der Waals surface area contributed by atoms with Gasteiger partial charge in [0, 0.05) is 39.3 Å². The molecule has 5 heteroatoms. The lowest BCUT2D eigenvalue weighted by atomic mass is 10.1. The Hall–Kier alpha value is -1.46. The highest BCUT2D eigenvalue weighted by molar-refractivity contribution is 5.79. The predicted octanol–water partition coefficient (Wildman–Crippen LogP) is 1.90. The van der Waals surface area contributed by atoms with Gasteiger partial charge in [0.25, 0.3) is 0 Å². The summed E-state index contributed by atoms with van der Waals surface area (Å²) >= 11 is 0. The van der Waals surface area contributed by atoms with Crippen molar-refractivity contribution in [2.45, 2.75) is 19.4 Å². The van der Waals surface area contributed by atoms with Crippen LogP contribution in [0.1, 0.15) is 18.4 Å². The van der Waals surface area contributed by atoms with Gasteiger partial charge in [-0.15, -0.1) is 0 Å². The molecule has 0 unspecified atom stereocenters. The Balaban J connectivity index is 1.53. The molecule has 0 aliphatic carbocycles. The lowest BCUT2D eigenvalue weighted by Gasteiger charge is -2.24. The third-order valence-electron chi connectivity index (χ3n) is 4.50. The summed E-state index contributed by atoms with van der Waals surface area (Å²) < 4.78 is 18.3. The van der Waals surface area contributed by atoms with Crippen LogP contribution in [-0.2, 0) is 16.1 Å². The zero-order valence-corrected chi connectivity index (χ0v) is 12.8. The number of rotatable bonds is 3. The molecule has 0 N–H and O–H groups in total. The lowest BCUT2D eigenvalue weighted by Crippen LogP contribution is -2.39. The van der Waals surface area contributed by atoms with Gasteiger partial charge >= 0.3 is 0 Å². The number of carbonyl (C=O) groups excluding carboxylic acids is 1. The summed E-state index contributed by atoms with van der Waals surface area (Å²) in [6.07, 6.45) is 1.84. The first kappa shape index (κ1) is 15.4. The normalized spacial score (nSPS) is 23.5. The van der Waals surface area contributed by atoms with E-state index in [0.29, 0.717) is 13.2 Å². The molecule has 2 aliphatic heterocycles. The van der Waals surface area contributed by atoms with Crippen molar-refractivity contribution in [3.8, 4) is 0 Å². The van der Waals surface area contributed by atoms with Gasteiger partial charge < -0.3 is 9.64 Å². The van der Waals surface area contributed by atoms with Crippen LogP contribution < -0.4 is 0 Å². The average Bonchev–Trinajstić information content (AvgIpc) is 2.96. The molecule has 2 fully saturated rings. The smallest absolute Gasteiger partial charge is 0.228 e. The Bertz CT molecular complexity index is 500. The standard InChI is InChI=1S/C17H23FN2O2/c18-16-4-2-14(3-5-16)12-19-7-1-8-20(10-9-19)17(21)15-6-11-22-13-15/h2-5,15H,1,6-13H2/t15-/m1/s1. The van der Waals surface area contributed by atoms with Crippen LogP contribution in [0, 0.1) is 11.7 Å². The Kier molecular flexibility index (Phi) is 5.05. The molecule has 3 rings (SSSR count). The van der Waals surface area contributed by atoms with E-state index in [9.17, 15) is 9.18 Å². The van der Waals surface area contributed by atoms with Crippen molar-refractivity contribution in [2.75, 3.05) is 39.4 Å². The third-order valence-corrected chi connectivity index (χ3v) is 4.50. The molecule has 0 bridgehead atoms. The van der Waals surface area contributed by atoms with E-state index in [1.54, 1.807) is 0 Å². The van der Waals surface area contributed by atoms with E-state index in [0.717, 1.165) is 51.1 Å². The Morgan fingerprint density at radius 3 is 2.73 bits per heavy atom. The van der Waals surface area contributed by atoms with E-state index in [-0.39, 0.29) is 17.6 Å². The Labute approximate surface area is 130 Å². The number of hydrogen-bond acceptors (Lipinski definition) is 3. The molecular formula is C17H23FN2O2. The molecule has 1 aromatic rings. The van der Waals surface area contributed by atoms with Crippen LogP contribution in [0.2, 0.25) is 0 Å². The van der Waals surface area contributed by atoms with Crippen molar-refractivity contribution in [2.24, 2.45) is 5.92 Å². The fraction of sp³-hybridized carbons (Fsp3) is 0.588. The van der Waals surface area contributed by atoms with Crippen molar-refractivity contribution >= 4 is 5.91 Å². The fourth-order valence-electron chi connectivity index (χ4n) is 3.18. The molecule has 0 spiro atoms. The summed E-state index contributed by atoms with van der Waals surface area (Å²) in [5, 5.41) is 0. The van der Waals surface area contributed by atoms with Gasteiger partial charge in [0.2, 0.25) is 5.91 Å². The SMILES string of the molecule is O=C([C@@H]1CCOC1)N1CCCN(Cc2ccc(F)cc2)CC1. The minimum atomic E-state index is -0.199. The van der Waals surface area contributed by atoms with E-state index in [2.05, 4.69) is 4.90 Å². The number of amides is 1. The van der Waals surface area contributed by atoms with Crippen molar-refractivity contribution in [3.63, 3.8) is 0 Å². The number of hydrogen-bond donors (Lipinski definition) is 0. The first-order valence-corrected chi connectivity index (χ1v) is 8.06. The molecular weight excluding hydrogens is 283 g/mol. The molecule has 1 amide bonds. The van der Waals surface area contributed by atoms with Crippen LogP contribution >= 0.6 is 0 Å². The zero-order valence-electron chi connectivity index (χ0n) is 12.8. The van der Waals surface area contributed by atoms with E-state index in [1.807, 2.05) is 17.0 Å². The van der Waals surface area contributed by atoms with Crippen molar-refractivity contribution in [3.05, 3.63) is 35.6 Å². The van der Waals surface area contributed by atoms with E-state index >= 15 is 0 Å². The number of ether oxygens (including phenoxy) is 1. The summed E-state index contributed by atoms with van der Waals surface area (Å²) in [6.45, 7) is 5.55. The van der Waals surface area contributed by atoms with E-state index < -0.39 is 0 Å². The van der Waals surface area contributed by atoms with Gasteiger partial charge in [0.05, 0.1) is 12.5 Å². The molecule has 120 valence electrons. The van der Waals surface area contributed by atoms with Crippen molar-refractivity contribution in [1.29, 1.82) is 0 Å². The topological polar surface area (TPSA) is 32.8 Å². The molecule has 4 nitrogen and oxygen atoms in total. The van der Waals surface area contributed by atoms with Gasteiger partial charge in [-0.2, -0.15) is 0 Å². The van der Waals surface area contributed by atoms with Gasteiger partial charge in [0.15, 0.2) is 0 Å². The maximum Gasteiger partial charge on any atom is 0.228 e. The van der Waals surface area contributed by atoms with Gasteiger partial charge in [-0.1, -0.05) is 12.1 Å². The molecule has 22 heavy (non-hydrogen) atoms. The molecule has 2 saturated heterocycles. The summed E-state index contributed by atoms with van der Waals surface area (Å²) in [5.74, 6) is 0.111. The Morgan fingerprint density at radius 2 is 2.00 bits per heavy atom. The van der Waals surface area contributed by atoms with Crippen molar-refractivity contribution in [1.82, 2.24) is 9.80 Å². The minimum absolute atomic E-state index is 0.0589. The van der Waals surface area contributed by atoms with Crippen LogP contribution in [0.4, 0.5) is 4.39 Å². The Morgan fingerprint density at radius 1 is 1.18 bits per heavy atom. The monoisotopic (exact) mass is 306 g/mol. The van der Waals surface area contributed by atoms with Crippen LogP contribution in [0.5, 0.6) is 0 Å². The van der Waals surface area contributed by atoms with Crippen molar-refractivity contribution < 1.29 is 13.9 Å². The summed E-state index contributed by atoms with van der Waals surface area (Å²) in [6, 6.07) is 6.67. The molecule has 1 atom stereocenters. The zero-order chi connectivity index (χ0) is 15.4. The van der Waals surface area contributed by atoms with E-state index in [4.69, 9.17) is 4.74 Å². The highest BCUT2D eigenvalue weighted by Gasteiger charge is 2.29. The lowest BCUT2D eigenvalue weighted by molar-refractivity contribution is -0.135. The van der Waals surface area contributed by atoms with Gasteiger partial charge in [0.1, 0.15) is 5.82 Å². The average molecular weight is 306 g/mol. The number of nitrogens with zero attached hydrogens (tertiary/aromatic N) is 2. The first-order chi connectivity index (χ1) is 10.7. The highest BCUT2D eigenvalue weighted by Crippen LogP contribution is 2.17. The van der Waals surface area contributed by atoms with Gasteiger partial charge in [-0.05, 0) is 30.5 Å². The summed E-state index contributed by atoms with van der Waals surface area (Å²) in [7, 11) is 0. The van der Waals surface area contributed by atoms with E-state index in [1.165, 1.54) is 12.1 Å². The largest absolute Gasteiger partial charge is 0.381 e. The summed E-state index contributed by atoms with van der Waals surface area (Å²) in [4.78, 5) is 16.8. The predicted molar refractivity (Wildman–Crippen MR) is 81.8 cm³/mol. The number of halogens is 1. The number of benzene rings is 1. The van der Waals surface area contributed by atoms with Crippen LogP contribution in [0.25, 0.3) is 0 Å². The summed E-state index contributed by atoms with van der Waals surface area (Å²) in [5.41, 5.74) is 1.12. The molecule has 0 radical (unpaired) electrons. The third kappa shape index (κ3) is 3.84. The van der Waals surface area contributed by atoms with Gasteiger partial charge in [-0.25, -0.2) is 4.39 Å². The van der Waals surface area contributed by atoms with Gasteiger partial charge in [-0.3, -0.25) is 9.69 Å². The quantitative estimate of drug-likeness (QED) is 0.855. The second-order valence-electron chi connectivity index (χ2n) is 6.14. The molecule has 2 heterocycles. The molecule has 1 aromatic carbocycles. The second kappa shape index (κ2) is 7.20.